The summed E-state index contributed by atoms with van der Waals surface area (Å²) in [5, 5.41) is 17.6. The van der Waals surface area contributed by atoms with Gasteiger partial charge in [-0.1, -0.05) is 12.1 Å². The first-order valence-electron chi connectivity index (χ1n) is 4.39. The van der Waals surface area contributed by atoms with Gasteiger partial charge < -0.3 is 5.11 Å². The van der Waals surface area contributed by atoms with Gasteiger partial charge in [0.1, 0.15) is 0 Å². The second-order valence-electron chi connectivity index (χ2n) is 3.20. The molecule has 0 aliphatic rings. The van der Waals surface area contributed by atoms with E-state index in [-0.39, 0.29) is 6.10 Å². The molecule has 0 spiro atoms. The highest BCUT2D eigenvalue weighted by molar-refractivity contribution is 5.31. The summed E-state index contributed by atoms with van der Waals surface area (Å²) >= 11 is 0. The monoisotopic (exact) mass is 175 g/mol. The maximum absolute atomic E-state index is 9.06. The molecule has 1 unspecified atom stereocenters. The van der Waals surface area contributed by atoms with Gasteiger partial charge in [0, 0.05) is 0 Å². The predicted molar refractivity (Wildman–Crippen MR) is 51.2 cm³/mol. The largest absolute Gasteiger partial charge is 0.393 e. The van der Waals surface area contributed by atoms with Crippen LogP contribution >= 0.6 is 0 Å². The molecule has 0 aromatic heterocycles. The van der Waals surface area contributed by atoms with Gasteiger partial charge in [0.05, 0.1) is 17.7 Å². The molecule has 68 valence electrons. The van der Waals surface area contributed by atoms with E-state index in [2.05, 4.69) is 6.07 Å². The Morgan fingerprint density at radius 3 is 2.46 bits per heavy atom. The van der Waals surface area contributed by atoms with Crippen LogP contribution in [0.25, 0.3) is 0 Å². The fourth-order valence-electron chi connectivity index (χ4n) is 1.12. The van der Waals surface area contributed by atoms with Crippen molar-refractivity contribution in [2.45, 2.75) is 25.9 Å². The van der Waals surface area contributed by atoms with Crippen LogP contribution in [0.5, 0.6) is 0 Å². The van der Waals surface area contributed by atoms with Crippen molar-refractivity contribution in [2.24, 2.45) is 0 Å². The molecular weight excluding hydrogens is 162 g/mol. The normalized spacial score (nSPS) is 12.1. The Balaban J connectivity index is 2.55. The summed E-state index contributed by atoms with van der Waals surface area (Å²) in [5.74, 6) is 0. The van der Waals surface area contributed by atoms with Gasteiger partial charge >= 0.3 is 0 Å². The number of rotatable bonds is 3. The molecule has 0 saturated heterocycles. The molecule has 13 heavy (non-hydrogen) atoms. The predicted octanol–water partition coefficient (Wildman–Crippen LogP) is 1.87. The molecule has 0 bridgehead atoms. The Morgan fingerprint density at radius 2 is 2.00 bits per heavy atom. The van der Waals surface area contributed by atoms with Crippen LogP contribution < -0.4 is 0 Å². The first-order chi connectivity index (χ1) is 6.22. The van der Waals surface area contributed by atoms with Gasteiger partial charge in [0.2, 0.25) is 0 Å². The second-order valence-corrected chi connectivity index (χ2v) is 3.20. The number of aliphatic hydroxyl groups excluding tert-OH is 1. The topological polar surface area (TPSA) is 44.0 Å². The Labute approximate surface area is 78.4 Å². The zero-order valence-corrected chi connectivity index (χ0v) is 7.70. The molecular formula is C11H13NO. The van der Waals surface area contributed by atoms with Crippen LogP contribution in [-0.4, -0.2) is 11.2 Å². The van der Waals surface area contributed by atoms with Crippen LogP contribution in [-0.2, 0) is 6.42 Å². The summed E-state index contributed by atoms with van der Waals surface area (Å²) in [6, 6.07) is 9.54. The molecule has 1 aromatic rings. The Hall–Kier alpha value is -1.33. The third-order valence-corrected chi connectivity index (χ3v) is 1.93. The van der Waals surface area contributed by atoms with Crippen molar-refractivity contribution in [1.82, 2.24) is 0 Å². The second kappa shape index (κ2) is 4.64. The highest BCUT2D eigenvalue weighted by atomic mass is 16.3. The number of hydrogen-bond acceptors (Lipinski definition) is 2. The zero-order chi connectivity index (χ0) is 9.68. The van der Waals surface area contributed by atoms with Crippen LogP contribution in [0.15, 0.2) is 24.3 Å². The minimum Gasteiger partial charge on any atom is -0.393 e. The highest BCUT2D eigenvalue weighted by Gasteiger charge is 1.97. The van der Waals surface area contributed by atoms with Crippen molar-refractivity contribution in [3.63, 3.8) is 0 Å². The minimum atomic E-state index is -0.254. The molecule has 0 aliphatic heterocycles. The molecule has 1 atom stereocenters. The van der Waals surface area contributed by atoms with Crippen molar-refractivity contribution < 1.29 is 5.11 Å². The SMILES string of the molecule is CC(O)CCc1ccc(C#N)cc1. The smallest absolute Gasteiger partial charge is 0.0991 e. The zero-order valence-electron chi connectivity index (χ0n) is 7.70. The summed E-state index contributed by atoms with van der Waals surface area (Å²) in [5.41, 5.74) is 1.85. The van der Waals surface area contributed by atoms with E-state index >= 15 is 0 Å². The summed E-state index contributed by atoms with van der Waals surface area (Å²) in [7, 11) is 0. The summed E-state index contributed by atoms with van der Waals surface area (Å²) in [6.07, 6.45) is 1.38. The van der Waals surface area contributed by atoms with Gasteiger partial charge in [0.25, 0.3) is 0 Å². The lowest BCUT2D eigenvalue weighted by molar-refractivity contribution is 0.185. The van der Waals surface area contributed by atoms with Crippen LogP contribution in [0.3, 0.4) is 0 Å². The average molecular weight is 175 g/mol. The summed E-state index contributed by atoms with van der Waals surface area (Å²) in [4.78, 5) is 0. The van der Waals surface area contributed by atoms with Crippen LogP contribution in [0, 0.1) is 11.3 Å². The molecule has 0 fully saturated rings. The molecule has 1 aromatic carbocycles. The molecule has 2 nitrogen and oxygen atoms in total. The van der Waals surface area contributed by atoms with Crippen molar-refractivity contribution in [3.05, 3.63) is 35.4 Å². The van der Waals surface area contributed by atoms with Crippen LogP contribution in [0.2, 0.25) is 0 Å². The molecule has 1 rings (SSSR count). The fraction of sp³-hybridized carbons (Fsp3) is 0.364. The fourth-order valence-corrected chi connectivity index (χ4v) is 1.12. The molecule has 0 saturated carbocycles. The highest BCUT2D eigenvalue weighted by Crippen LogP contribution is 2.07. The van der Waals surface area contributed by atoms with Gasteiger partial charge in [-0.25, -0.2) is 0 Å². The lowest BCUT2D eigenvalue weighted by Crippen LogP contribution is -2.01. The van der Waals surface area contributed by atoms with E-state index in [0.717, 1.165) is 12.8 Å². The lowest BCUT2D eigenvalue weighted by atomic mass is 10.1. The van der Waals surface area contributed by atoms with Crippen molar-refractivity contribution in [3.8, 4) is 6.07 Å². The molecule has 1 N–H and O–H groups in total. The molecule has 0 heterocycles. The van der Waals surface area contributed by atoms with Crippen molar-refractivity contribution >= 4 is 0 Å². The van der Waals surface area contributed by atoms with Crippen LogP contribution in [0.1, 0.15) is 24.5 Å². The Bertz CT molecular complexity index is 295. The van der Waals surface area contributed by atoms with E-state index in [1.807, 2.05) is 12.1 Å². The third-order valence-electron chi connectivity index (χ3n) is 1.93. The first kappa shape index (κ1) is 9.76. The Kier molecular flexibility index (Phi) is 3.48. The summed E-state index contributed by atoms with van der Waals surface area (Å²) in [6.45, 7) is 1.78. The van der Waals surface area contributed by atoms with E-state index in [0.29, 0.717) is 5.56 Å². The van der Waals surface area contributed by atoms with Crippen LogP contribution in [0.4, 0.5) is 0 Å². The maximum atomic E-state index is 9.06. The van der Waals surface area contributed by atoms with Gasteiger partial charge in [-0.2, -0.15) is 5.26 Å². The van der Waals surface area contributed by atoms with Gasteiger partial charge in [0.15, 0.2) is 0 Å². The number of nitrogens with zero attached hydrogens (tertiary/aromatic N) is 1. The summed E-state index contributed by atoms with van der Waals surface area (Å²) < 4.78 is 0. The maximum Gasteiger partial charge on any atom is 0.0991 e. The molecule has 2 heteroatoms. The van der Waals surface area contributed by atoms with E-state index in [1.54, 1.807) is 19.1 Å². The number of nitriles is 1. The molecule has 0 radical (unpaired) electrons. The first-order valence-corrected chi connectivity index (χ1v) is 4.39. The van der Waals surface area contributed by atoms with Gasteiger partial charge in [-0.3, -0.25) is 0 Å². The van der Waals surface area contributed by atoms with E-state index in [1.165, 1.54) is 5.56 Å². The number of benzene rings is 1. The molecule has 0 amide bonds. The minimum absolute atomic E-state index is 0.254. The van der Waals surface area contributed by atoms with E-state index in [4.69, 9.17) is 10.4 Å². The van der Waals surface area contributed by atoms with Gasteiger partial charge in [-0.15, -0.1) is 0 Å². The van der Waals surface area contributed by atoms with Gasteiger partial charge in [-0.05, 0) is 37.5 Å². The van der Waals surface area contributed by atoms with Crippen molar-refractivity contribution in [2.75, 3.05) is 0 Å². The number of aliphatic hydroxyl groups is 1. The lowest BCUT2D eigenvalue weighted by Gasteiger charge is -2.03. The van der Waals surface area contributed by atoms with E-state index in [9.17, 15) is 0 Å². The number of hydrogen-bond donors (Lipinski definition) is 1. The average Bonchev–Trinajstić information content (AvgIpc) is 2.15. The van der Waals surface area contributed by atoms with Crippen molar-refractivity contribution in [1.29, 1.82) is 5.26 Å². The third kappa shape index (κ3) is 3.27. The molecule has 0 aliphatic carbocycles. The quantitative estimate of drug-likeness (QED) is 0.762. The number of aryl methyl sites for hydroxylation is 1. The Morgan fingerprint density at radius 1 is 1.38 bits per heavy atom. The standard InChI is InChI=1S/C11H13NO/c1-9(13)2-3-10-4-6-11(8-12)7-5-10/h4-7,9,13H,2-3H2,1H3. The van der Waals surface area contributed by atoms with E-state index < -0.39 is 0 Å².